The Morgan fingerprint density at radius 2 is 1.90 bits per heavy atom. The molecular formula is C12H15F3N2O2S. The molecule has 3 atom stereocenters. The number of hydrogen-bond donors (Lipinski definition) is 2. The highest BCUT2D eigenvalue weighted by molar-refractivity contribution is 7.83. The summed E-state index contributed by atoms with van der Waals surface area (Å²) in [6, 6.07) is 8.76. The van der Waals surface area contributed by atoms with Crippen LogP contribution in [0.5, 0.6) is 0 Å². The molecular weight excluding hydrogens is 293 g/mol. The zero-order valence-electron chi connectivity index (χ0n) is 10.5. The zero-order chi connectivity index (χ0) is 14.8. The number of halogens is 3. The number of hydrogen-bond acceptors (Lipinski definition) is 3. The maximum atomic E-state index is 12.3. The van der Waals surface area contributed by atoms with Crippen molar-refractivity contribution < 1.29 is 22.6 Å². The van der Waals surface area contributed by atoms with E-state index in [-0.39, 0.29) is 17.1 Å². The van der Waals surface area contributed by atoms with Crippen LogP contribution >= 0.6 is 0 Å². The third kappa shape index (κ3) is 3.57. The second-order valence-corrected chi connectivity index (χ2v) is 5.94. The Balaban J connectivity index is 1.93. The van der Waals surface area contributed by atoms with Crippen molar-refractivity contribution in [1.82, 2.24) is 9.79 Å². The predicted octanol–water partition coefficient (Wildman–Crippen LogP) is 2.35. The molecule has 0 radical (unpaired) electrons. The summed E-state index contributed by atoms with van der Waals surface area (Å²) in [6.45, 7) is 0.151. The Labute approximate surface area is 117 Å². The van der Waals surface area contributed by atoms with E-state index in [2.05, 4.69) is 5.32 Å². The van der Waals surface area contributed by atoms with Gasteiger partial charge < -0.3 is 10.5 Å². The van der Waals surface area contributed by atoms with Crippen LogP contribution in [0.4, 0.5) is 13.2 Å². The average Bonchev–Trinajstić information content (AvgIpc) is 2.46. The highest BCUT2D eigenvalue weighted by Gasteiger charge is 2.44. The van der Waals surface area contributed by atoms with E-state index in [1.54, 1.807) is 0 Å². The van der Waals surface area contributed by atoms with Gasteiger partial charge in [0.25, 0.3) is 0 Å². The third-order valence-electron chi connectivity index (χ3n) is 3.27. The summed E-state index contributed by atoms with van der Waals surface area (Å²) < 4.78 is 47.8. The SMILES string of the molecule is O=S(N(O)C1CCC(c2ccccc2)NC1)C(F)(F)F. The van der Waals surface area contributed by atoms with Gasteiger partial charge in [0.2, 0.25) is 11.0 Å². The first kappa shape index (κ1) is 15.4. The minimum absolute atomic E-state index is 0.0418. The van der Waals surface area contributed by atoms with E-state index < -0.39 is 22.5 Å². The van der Waals surface area contributed by atoms with Crippen molar-refractivity contribution in [3.05, 3.63) is 35.9 Å². The molecule has 2 rings (SSSR count). The molecule has 1 saturated heterocycles. The minimum atomic E-state index is -4.94. The highest BCUT2D eigenvalue weighted by Crippen LogP contribution is 2.28. The van der Waals surface area contributed by atoms with Gasteiger partial charge in [-0.2, -0.15) is 13.2 Å². The second kappa shape index (κ2) is 6.21. The molecule has 1 aliphatic rings. The van der Waals surface area contributed by atoms with Crippen LogP contribution in [-0.4, -0.2) is 32.0 Å². The van der Waals surface area contributed by atoms with Crippen molar-refractivity contribution in [2.24, 2.45) is 0 Å². The van der Waals surface area contributed by atoms with E-state index >= 15 is 0 Å². The summed E-state index contributed by atoms with van der Waals surface area (Å²) in [7, 11) is -3.39. The summed E-state index contributed by atoms with van der Waals surface area (Å²) in [6.07, 6.45) is 0.908. The van der Waals surface area contributed by atoms with Gasteiger partial charge in [-0.1, -0.05) is 34.8 Å². The van der Waals surface area contributed by atoms with Gasteiger partial charge in [-0.05, 0) is 18.4 Å². The molecule has 1 heterocycles. The lowest BCUT2D eigenvalue weighted by Crippen LogP contribution is -2.48. The van der Waals surface area contributed by atoms with Crippen LogP contribution in [0.3, 0.4) is 0 Å². The van der Waals surface area contributed by atoms with Gasteiger partial charge in [-0.15, -0.1) is 0 Å². The number of nitrogens with zero attached hydrogens (tertiary/aromatic N) is 1. The monoisotopic (exact) mass is 308 g/mol. The smallest absolute Gasteiger partial charge is 0.308 e. The number of piperidine rings is 1. The zero-order valence-corrected chi connectivity index (χ0v) is 11.3. The summed E-state index contributed by atoms with van der Waals surface area (Å²) in [5, 5.41) is 12.5. The molecule has 0 amide bonds. The Morgan fingerprint density at radius 3 is 2.40 bits per heavy atom. The summed E-state index contributed by atoms with van der Waals surface area (Å²) in [5.41, 5.74) is -3.89. The second-order valence-electron chi connectivity index (χ2n) is 4.60. The Morgan fingerprint density at radius 1 is 1.25 bits per heavy atom. The molecule has 8 heteroatoms. The fraction of sp³-hybridized carbons (Fsp3) is 0.500. The highest BCUT2D eigenvalue weighted by atomic mass is 32.2. The molecule has 1 fully saturated rings. The molecule has 20 heavy (non-hydrogen) atoms. The van der Waals surface area contributed by atoms with Gasteiger partial charge in [0.05, 0.1) is 6.04 Å². The standard InChI is InChI=1S/C12H15F3N2O2S/c13-12(14,15)20(19)17(18)10-6-7-11(16-8-10)9-4-2-1-3-5-9/h1-5,10-11,16,18H,6-8H2. The molecule has 4 nitrogen and oxygen atoms in total. The van der Waals surface area contributed by atoms with Crippen molar-refractivity contribution >= 4 is 11.0 Å². The number of hydroxylamine groups is 1. The van der Waals surface area contributed by atoms with Gasteiger partial charge in [-0.3, -0.25) is 0 Å². The van der Waals surface area contributed by atoms with E-state index in [0.29, 0.717) is 12.8 Å². The van der Waals surface area contributed by atoms with Crippen molar-refractivity contribution in [1.29, 1.82) is 0 Å². The van der Waals surface area contributed by atoms with E-state index in [9.17, 15) is 22.6 Å². The van der Waals surface area contributed by atoms with Gasteiger partial charge in [0.1, 0.15) is 0 Å². The number of alkyl halides is 3. The molecule has 2 N–H and O–H groups in total. The molecule has 0 aliphatic carbocycles. The first-order chi connectivity index (χ1) is 9.39. The first-order valence-corrected chi connectivity index (χ1v) is 7.25. The Kier molecular flexibility index (Phi) is 4.79. The predicted molar refractivity (Wildman–Crippen MR) is 68.0 cm³/mol. The van der Waals surface area contributed by atoms with Gasteiger partial charge in [0, 0.05) is 12.6 Å². The molecule has 0 aromatic heterocycles. The molecule has 1 aromatic rings. The van der Waals surface area contributed by atoms with Crippen LogP contribution in [0.15, 0.2) is 30.3 Å². The quantitative estimate of drug-likeness (QED) is 0.843. The maximum Gasteiger partial charge on any atom is 0.487 e. The summed E-state index contributed by atoms with van der Waals surface area (Å²) >= 11 is 0. The van der Waals surface area contributed by atoms with Crippen LogP contribution in [0.1, 0.15) is 24.4 Å². The van der Waals surface area contributed by atoms with Crippen LogP contribution in [0, 0.1) is 0 Å². The normalized spacial score (nSPS) is 25.6. The summed E-state index contributed by atoms with van der Waals surface area (Å²) in [4.78, 5) is 0. The number of nitrogens with one attached hydrogen (secondary N) is 1. The van der Waals surface area contributed by atoms with Crippen molar-refractivity contribution in [3.8, 4) is 0 Å². The fourth-order valence-electron chi connectivity index (χ4n) is 2.24. The minimum Gasteiger partial charge on any atom is -0.308 e. The molecule has 3 unspecified atom stereocenters. The van der Waals surface area contributed by atoms with Crippen LogP contribution in [-0.2, 0) is 11.0 Å². The topological polar surface area (TPSA) is 52.6 Å². The van der Waals surface area contributed by atoms with Crippen molar-refractivity contribution in [2.75, 3.05) is 6.54 Å². The lowest BCUT2D eigenvalue weighted by atomic mass is 9.95. The van der Waals surface area contributed by atoms with Gasteiger partial charge >= 0.3 is 5.51 Å². The van der Waals surface area contributed by atoms with Crippen molar-refractivity contribution in [3.63, 3.8) is 0 Å². The van der Waals surface area contributed by atoms with E-state index in [0.717, 1.165) is 5.56 Å². The molecule has 0 bridgehead atoms. The van der Waals surface area contributed by atoms with Crippen LogP contribution in [0.2, 0.25) is 0 Å². The lowest BCUT2D eigenvalue weighted by molar-refractivity contribution is -0.0834. The molecule has 0 spiro atoms. The first-order valence-electron chi connectivity index (χ1n) is 6.14. The third-order valence-corrected chi connectivity index (χ3v) is 4.30. The average molecular weight is 308 g/mol. The Hall–Kier alpha value is -0.960. The van der Waals surface area contributed by atoms with E-state index in [1.165, 1.54) is 0 Å². The molecule has 1 aliphatic heterocycles. The fourth-order valence-corrected chi connectivity index (χ4v) is 2.90. The van der Waals surface area contributed by atoms with Gasteiger partial charge in [0.15, 0.2) is 0 Å². The molecule has 112 valence electrons. The van der Waals surface area contributed by atoms with E-state index in [1.807, 2.05) is 30.3 Å². The maximum absolute atomic E-state index is 12.3. The van der Waals surface area contributed by atoms with Crippen molar-refractivity contribution in [2.45, 2.75) is 30.4 Å². The lowest BCUT2D eigenvalue weighted by Gasteiger charge is -2.33. The van der Waals surface area contributed by atoms with Gasteiger partial charge in [-0.25, -0.2) is 4.21 Å². The number of benzene rings is 1. The van der Waals surface area contributed by atoms with Crippen LogP contribution < -0.4 is 5.32 Å². The number of rotatable bonds is 3. The largest absolute Gasteiger partial charge is 0.487 e. The van der Waals surface area contributed by atoms with Crippen LogP contribution in [0.25, 0.3) is 0 Å². The van der Waals surface area contributed by atoms with E-state index in [4.69, 9.17) is 0 Å². The Bertz CT molecular complexity index is 462. The molecule has 0 saturated carbocycles. The summed E-state index contributed by atoms with van der Waals surface area (Å²) in [5.74, 6) is 0. The molecule has 1 aromatic carbocycles.